The summed E-state index contributed by atoms with van der Waals surface area (Å²) in [6.45, 7) is 0. The zero-order chi connectivity index (χ0) is 43.6. The van der Waals surface area contributed by atoms with E-state index < -0.39 is 84.1 Å². The third-order valence-corrected chi connectivity index (χ3v) is 9.17. The molecule has 0 amide bonds. The Morgan fingerprint density at radius 3 is 1.65 bits per heavy atom. The topological polar surface area (TPSA) is 13.1 Å². The predicted molar refractivity (Wildman–Crippen MR) is 208 cm³/mol. The molecule has 0 N–H and O–H groups in total. The van der Waals surface area contributed by atoms with Gasteiger partial charge < -0.3 is 4.42 Å². The summed E-state index contributed by atoms with van der Waals surface area (Å²) in [5, 5.41) is 2.73. The molecule has 0 aliphatic rings. The third kappa shape index (κ3) is 4.47. The van der Waals surface area contributed by atoms with Crippen LogP contribution in [-0.4, -0.2) is 0 Å². The summed E-state index contributed by atoms with van der Waals surface area (Å²) in [6.07, 6.45) is 0. The summed E-state index contributed by atoms with van der Waals surface area (Å²) in [7, 11) is 0. The molecule has 1 heterocycles. The second-order valence-electron chi connectivity index (χ2n) is 11.9. The number of para-hydroxylation sites is 1. The first-order chi connectivity index (χ1) is 29.7. The van der Waals surface area contributed by atoms with Crippen molar-refractivity contribution in [3.05, 3.63) is 182 Å². The monoisotopic (exact) mass is 635 g/mol. The lowest BCUT2D eigenvalue weighted by atomic mass is 9.85. The van der Waals surface area contributed by atoms with Gasteiger partial charge in [-0.3, -0.25) is 0 Å². The van der Waals surface area contributed by atoms with Gasteiger partial charge in [-0.25, -0.2) is 0 Å². The quantitative estimate of drug-likeness (QED) is 0.175. The highest BCUT2D eigenvalue weighted by molar-refractivity contribution is 6.21. The van der Waals surface area contributed by atoms with Crippen LogP contribution in [0.3, 0.4) is 0 Å². The van der Waals surface area contributed by atoms with E-state index in [9.17, 15) is 5.48 Å². The fourth-order valence-electron chi connectivity index (χ4n) is 6.94. The Labute approximate surface area is 302 Å². The van der Waals surface area contributed by atoms with Crippen LogP contribution in [0.25, 0.3) is 98.8 Å². The average molecular weight is 636 g/mol. The Balaban J connectivity index is 1.23. The van der Waals surface area contributed by atoms with Gasteiger partial charge in [-0.1, -0.05) is 157 Å². The zero-order valence-corrected chi connectivity index (χ0v) is 25.7. The van der Waals surface area contributed by atoms with Crippen LogP contribution in [0.2, 0.25) is 0 Å². The Bertz CT molecular complexity index is 3510. The molecule has 0 unspecified atom stereocenters. The molecule has 10 rings (SSSR count). The minimum atomic E-state index is -0.712. The fourth-order valence-corrected chi connectivity index (χ4v) is 6.94. The molecule has 0 aliphatic heterocycles. The largest absolute Gasteiger partial charge is 0.455 e. The maximum Gasteiger partial charge on any atom is 0.143 e. The van der Waals surface area contributed by atoms with E-state index in [2.05, 4.69) is 24.3 Å². The molecule has 1 nitrogen and oxygen atoms in total. The first-order valence-electron chi connectivity index (χ1n) is 22.3. The maximum absolute atomic E-state index is 9.25. The van der Waals surface area contributed by atoms with Crippen LogP contribution >= 0.6 is 0 Å². The number of furan rings is 1. The lowest BCUT2D eigenvalue weighted by Gasteiger charge is -2.18. The summed E-state index contributed by atoms with van der Waals surface area (Å²) in [5.41, 5.74) is 5.04. The van der Waals surface area contributed by atoms with Gasteiger partial charge in [0.1, 0.15) is 11.2 Å². The maximum atomic E-state index is 9.25. The molecular weight excluding hydrogens is 593 g/mol. The summed E-state index contributed by atoms with van der Waals surface area (Å²) in [5.74, 6) is 0. The van der Waals surface area contributed by atoms with Crippen LogP contribution in [0, 0.1) is 0 Å². The van der Waals surface area contributed by atoms with Gasteiger partial charge in [0, 0.05) is 16.3 Å². The van der Waals surface area contributed by atoms with E-state index in [1.807, 2.05) is 66.7 Å². The normalized spacial score (nSPS) is 15.4. The molecule has 1 heteroatoms. The highest BCUT2D eigenvalue weighted by atomic mass is 16.3. The van der Waals surface area contributed by atoms with Gasteiger partial charge >= 0.3 is 0 Å². The number of hydrogen-bond donors (Lipinski definition) is 0. The molecule has 0 saturated heterocycles. The van der Waals surface area contributed by atoms with Crippen LogP contribution in [0.1, 0.15) is 17.8 Å². The van der Waals surface area contributed by atoms with Crippen LogP contribution < -0.4 is 0 Å². The van der Waals surface area contributed by atoms with E-state index in [0.717, 1.165) is 49.6 Å². The van der Waals surface area contributed by atoms with Gasteiger partial charge in [-0.2, -0.15) is 0 Å². The predicted octanol–water partition coefficient (Wildman–Crippen LogP) is 13.7. The lowest BCUT2D eigenvalue weighted by Crippen LogP contribution is -1.90. The smallest absolute Gasteiger partial charge is 0.143 e. The zero-order valence-electron chi connectivity index (χ0n) is 38.7. The second-order valence-corrected chi connectivity index (χ2v) is 11.9. The molecule has 49 heavy (non-hydrogen) atoms. The molecule has 0 spiro atoms. The molecule has 9 aromatic carbocycles. The van der Waals surface area contributed by atoms with E-state index in [1.54, 1.807) is 12.1 Å². The molecular formula is C48H30O. The summed E-state index contributed by atoms with van der Waals surface area (Å²) < 4.78 is 121. The Kier molecular flexibility index (Phi) is 3.99. The van der Waals surface area contributed by atoms with Crippen molar-refractivity contribution in [3.63, 3.8) is 0 Å². The van der Waals surface area contributed by atoms with Crippen LogP contribution in [0.15, 0.2) is 186 Å². The van der Waals surface area contributed by atoms with E-state index in [0.29, 0.717) is 10.9 Å². The highest BCUT2D eigenvalue weighted by Gasteiger charge is 2.17. The lowest BCUT2D eigenvalue weighted by molar-refractivity contribution is 0.670. The van der Waals surface area contributed by atoms with Crippen LogP contribution in [0.5, 0.6) is 0 Å². The van der Waals surface area contributed by atoms with Crippen LogP contribution in [-0.2, 0) is 0 Å². The van der Waals surface area contributed by atoms with E-state index in [4.69, 9.17) is 16.8 Å². The second kappa shape index (κ2) is 11.1. The molecule has 0 bridgehead atoms. The summed E-state index contributed by atoms with van der Waals surface area (Å²) in [4.78, 5) is 0. The van der Waals surface area contributed by atoms with Gasteiger partial charge in [0.2, 0.25) is 0 Å². The first kappa shape index (κ1) is 17.6. The number of benzene rings is 9. The number of rotatable bonds is 4. The van der Waals surface area contributed by atoms with Gasteiger partial charge in [-0.15, -0.1) is 0 Å². The molecule has 10 aromatic rings. The van der Waals surface area contributed by atoms with Gasteiger partial charge in [-0.05, 0) is 95.5 Å². The van der Waals surface area contributed by atoms with Crippen LogP contribution in [0.4, 0.5) is 0 Å². The number of hydrogen-bond acceptors (Lipinski definition) is 1. The van der Waals surface area contributed by atoms with Crippen molar-refractivity contribution in [2.45, 2.75) is 0 Å². The van der Waals surface area contributed by atoms with Crippen molar-refractivity contribution >= 4 is 54.3 Å². The van der Waals surface area contributed by atoms with Gasteiger partial charge in [0.15, 0.2) is 0 Å². The highest BCUT2D eigenvalue weighted by Crippen LogP contribution is 2.44. The Morgan fingerprint density at radius 2 is 0.959 bits per heavy atom. The SMILES string of the molecule is [2H]c1c([2H])c([2H])c(-c2c3c([2H])c([2H])c([2H])c([2H])c3c(-c3ccc4cc(-c5cccc6c5oc5cc(-c7ccccc7)ccc56)ccc4c3)c3c([2H])c([2H])c([2H])c([2H])c23)c([2H])c1[2H]. The van der Waals surface area contributed by atoms with Crippen molar-refractivity contribution < 1.29 is 22.2 Å². The molecule has 0 saturated carbocycles. The first-order valence-corrected chi connectivity index (χ1v) is 15.8. The molecule has 0 aliphatic carbocycles. The molecule has 228 valence electrons. The van der Waals surface area contributed by atoms with E-state index in [-0.39, 0.29) is 32.7 Å². The van der Waals surface area contributed by atoms with E-state index >= 15 is 0 Å². The van der Waals surface area contributed by atoms with Gasteiger partial charge in [0.25, 0.3) is 0 Å². The molecule has 1 aromatic heterocycles. The van der Waals surface area contributed by atoms with Crippen molar-refractivity contribution in [1.82, 2.24) is 0 Å². The Morgan fingerprint density at radius 1 is 0.367 bits per heavy atom. The van der Waals surface area contributed by atoms with Crippen molar-refractivity contribution in [3.8, 4) is 44.5 Å². The van der Waals surface area contributed by atoms with E-state index in [1.165, 1.54) is 0 Å². The fraction of sp³-hybridized carbons (Fsp3) is 0. The summed E-state index contributed by atoms with van der Waals surface area (Å²) in [6, 6.07) is 25.2. The van der Waals surface area contributed by atoms with Crippen molar-refractivity contribution in [1.29, 1.82) is 0 Å². The molecule has 0 atom stereocenters. The number of fused-ring (bicyclic) bond motifs is 6. The van der Waals surface area contributed by atoms with Crippen molar-refractivity contribution in [2.24, 2.45) is 0 Å². The summed E-state index contributed by atoms with van der Waals surface area (Å²) >= 11 is 0. The van der Waals surface area contributed by atoms with Gasteiger partial charge in [0.05, 0.1) is 17.8 Å². The minimum Gasteiger partial charge on any atom is -0.455 e. The Hall–Kier alpha value is -6.44. The molecule has 0 radical (unpaired) electrons. The average Bonchev–Trinajstić information content (AvgIpc) is 3.67. The van der Waals surface area contributed by atoms with Crippen molar-refractivity contribution in [2.75, 3.05) is 0 Å². The standard InChI is InChI=1S/C48H30O/c1-3-12-31(13-4-1)35-26-27-39-44-21-11-20-38(48(44)49-45(39)30-35)36-24-22-34-29-37(25-23-33(34)28-36)47-42-18-9-7-16-40(42)46(32-14-5-2-6-15-32)41-17-8-10-19-43(41)47/h1-30H/i2D,5D,6D,7D,8D,9D,10D,14D,15D,16D,17D,18D,19D. The minimum absolute atomic E-state index is 0.0815. The third-order valence-electron chi connectivity index (χ3n) is 9.17. The molecule has 0 fully saturated rings.